The summed E-state index contributed by atoms with van der Waals surface area (Å²) in [6, 6.07) is 9.35. The molecule has 0 heterocycles. The zero-order chi connectivity index (χ0) is 18.7. The van der Waals surface area contributed by atoms with Gasteiger partial charge in [0.25, 0.3) is 0 Å². The maximum absolute atomic E-state index is 12.1. The fourth-order valence-electron chi connectivity index (χ4n) is 2.14. The van der Waals surface area contributed by atoms with Crippen molar-refractivity contribution < 1.29 is 4.79 Å². The van der Waals surface area contributed by atoms with Crippen molar-refractivity contribution in [2.75, 3.05) is 5.32 Å². The maximum Gasteiger partial charge on any atom is 0.228 e. The molecule has 1 amide bonds. The number of unbranched alkanes of at least 4 members (excludes halogenated alkanes) is 4. The van der Waals surface area contributed by atoms with Crippen LogP contribution in [0.2, 0.25) is 0 Å². The first kappa shape index (κ1) is 22.3. The lowest BCUT2D eigenvalue weighted by Gasteiger charge is -2.27. The smallest absolute Gasteiger partial charge is 0.228 e. The molecule has 0 spiro atoms. The molecule has 3 N–H and O–H groups in total. The Morgan fingerprint density at radius 2 is 1.72 bits per heavy atom. The number of amides is 1. The molecule has 0 aliphatic heterocycles. The summed E-state index contributed by atoms with van der Waals surface area (Å²) < 4.78 is -1.74. The number of carbonyl (C=O) groups is 1. The molecule has 1 aromatic rings. The van der Waals surface area contributed by atoms with E-state index in [4.69, 9.17) is 47.0 Å². The highest BCUT2D eigenvalue weighted by molar-refractivity contribution is 7.80. The molecule has 25 heavy (non-hydrogen) atoms. The van der Waals surface area contributed by atoms with Gasteiger partial charge in [0.15, 0.2) is 5.11 Å². The fraction of sp³-hybridized carbons (Fsp3) is 0.529. The van der Waals surface area contributed by atoms with E-state index >= 15 is 0 Å². The number of para-hydroxylation sites is 1. The van der Waals surface area contributed by atoms with E-state index < -0.39 is 9.96 Å². The van der Waals surface area contributed by atoms with Crippen LogP contribution in [0.5, 0.6) is 0 Å². The van der Waals surface area contributed by atoms with Crippen molar-refractivity contribution in [1.82, 2.24) is 10.6 Å². The highest BCUT2D eigenvalue weighted by atomic mass is 35.6. The molecule has 4 nitrogen and oxygen atoms in total. The third-order valence-electron chi connectivity index (χ3n) is 3.45. The molecular formula is C17H24Cl3N3OS. The topological polar surface area (TPSA) is 53.2 Å². The minimum absolute atomic E-state index is 0.178. The van der Waals surface area contributed by atoms with Crippen LogP contribution in [0.3, 0.4) is 0 Å². The summed E-state index contributed by atoms with van der Waals surface area (Å²) in [6.07, 6.45) is 4.76. The lowest BCUT2D eigenvalue weighted by molar-refractivity contribution is -0.122. The normalized spacial score (nSPS) is 12.3. The van der Waals surface area contributed by atoms with E-state index in [1.165, 1.54) is 6.42 Å². The molecule has 0 saturated heterocycles. The van der Waals surface area contributed by atoms with Crippen LogP contribution in [0, 0.1) is 0 Å². The van der Waals surface area contributed by atoms with E-state index in [2.05, 4.69) is 22.9 Å². The SMILES string of the molecule is CCCCCCCC(=O)NC(NC(=S)Nc1ccccc1)C(Cl)(Cl)Cl. The van der Waals surface area contributed by atoms with Crippen molar-refractivity contribution in [1.29, 1.82) is 0 Å². The Morgan fingerprint density at radius 3 is 2.32 bits per heavy atom. The van der Waals surface area contributed by atoms with Gasteiger partial charge in [-0.3, -0.25) is 4.79 Å². The number of hydrogen-bond acceptors (Lipinski definition) is 2. The monoisotopic (exact) mass is 423 g/mol. The number of halogens is 3. The third kappa shape index (κ3) is 10.1. The van der Waals surface area contributed by atoms with E-state index in [1.807, 2.05) is 30.3 Å². The number of rotatable bonds is 9. The number of thiocarbonyl (C=S) groups is 1. The fourth-order valence-corrected chi connectivity index (χ4v) is 2.70. The summed E-state index contributed by atoms with van der Waals surface area (Å²) in [5, 5.41) is 8.76. The number of carbonyl (C=O) groups excluding carboxylic acids is 1. The second-order valence-electron chi connectivity index (χ2n) is 5.67. The molecule has 0 bridgehead atoms. The van der Waals surface area contributed by atoms with Gasteiger partial charge in [-0.05, 0) is 30.8 Å². The molecule has 0 saturated carbocycles. The van der Waals surface area contributed by atoms with Gasteiger partial charge in [0.1, 0.15) is 6.17 Å². The molecule has 0 aliphatic carbocycles. The second-order valence-corrected chi connectivity index (χ2v) is 8.45. The van der Waals surface area contributed by atoms with Crippen molar-refractivity contribution in [2.45, 2.75) is 55.4 Å². The van der Waals surface area contributed by atoms with Crippen LogP contribution in [-0.4, -0.2) is 21.0 Å². The number of alkyl halides is 3. The predicted octanol–water partition coefficient (Wildman–Crippen LogP) is 5.15. The Labute approximate surface area is 170 Å². The Kier molecular flexibility index (Phi) is 10.5. The zero-order valence-corrected chi connectivity index (χ0v) is 17.2. The molecular weight excluding hydrogens is 401 g/mol. The van der Waals surface area contributed by atoms with Crippen molar-refractivity contribution in [3.8, 4) is 0 Å². The van der Waals surface area contributed by atoms with Gasteiger partial charge in [0, 0.05) is 12.1 Å². The van der Waals surface area contributed by atoms with Crippen molar-refractivity contribution in [2.24, 2.45) is 0 Å². The molecule has 1 rings (SSSR count). The summed E-state index contributed by atoms with van der Waals surface area (Å²) in [5.41, 5.74) is 0.797. The van der Waals surface area contributed by atoms with Gasteiger partial charge in [-0.2, -0.15) is 0 Å². The van der Waals surface area contributed by atoms with Crippen LogP contribution in [0.1, 0.15) is 45.4 Å². The number of benzene rings is 1. The largest absolute Gasteiger partial charge is 0.339 e. The summed E-state index contributed by atoms with van der Waals surface area (Å²) in [7, 11) is 0. The van der Waals surface area contributed by atoms with Crippen LogP contribution in [-0.2, 0) is 4.79 Å². The van der Waals surface area contributed by atoms with Crippen LogP contribution >= 0.6 is 47.0 Å². The van der Waals surface area contributed by atoms with Gasteiger partial charge < -0.3 is 16.0 Å². The average Bonchev–Trinajstić information content (AvgIpc) is 2.54. The molecule has 1 aromatic carbocycles. The molecule has 1 atom stereocenters. The highest BCUT2D eigenvalue weighted by Gasteiger charge is 2.34. The maximum atomic E-state index is 12.1. The standard InChI is InChI=1S/C17H24Cl3N3OS/c1-2-3-4-5-9-12-14(24)22-15(17(18,19)20)23-16(25)21-13-10-7-6-8-11-13/h6-8,10-11,15H,2-5,9,12H2,1H3,(H,22,24)(H2,21,23,25). The second kappa shape index (κ2) is 11.8. The van der Waals surface area contributed by atoms with E-state index in [-0.39, 0.29) is 11.0 Å². The Balaban J connectivity index is 2.48. The number of hydrogen-bond donors (Lipinski definition) is 3. The lowest BCUT2D eigenvalue weighted by Crippen LogP contribution is -2.56. The van der Waals surface area contributed by atoms with Gasteiger partial charge >= 0.3 is 0 Å². The van der Waals surface area contributed by atoms with E-state index in [0.717, 1.165) is 31.4 Å². The van der Waals surface area contributed by atoms with Crippen LogP contribution in [0.25, 0.3) is 0 Å². The quantitative estimate of drug-likeness (QED) is 0.222. The molecule has 140 valence electrons. The number of anilines is 1. The lowest BCUT2D eigenvalue weighted by atomic mass is 10.1. The molecule has 0 fully saturated rings. The van der Waals surface area contributed by atoms with Gasteiger partial charge in [0.05, 0.1) is 0 Å². The van der Waals surface area contributed by atoms with E-state index in [0.29, 0.717) is 6.42 Å². The first-order valence-electron chi connectivity index (χ1n) is 8.31. The Morgan fingerprint density at radius 1 is 1.08 bits per heavy atom. The first-order valence-corrected chi connectivity index (χ1v) is 9.85. The minimum Gasteiger partial charge on any atom is -0.339 e. The molecule has 0 aliphatic rings. The highest BCUT2D eigenvalue weighted by Crippen LogP contribution is 2.29. The predicted molar refractivity (Wildman–Crippen MR) is 111 cm³/mol. The summed E-state index contributed by atoms with van der Waals surface area (Å²) >= 11 is 23.1. The van der Waals surface area contributed by atoms with Crippen molar-refractivity contribution >= 4 is 63.7 Å². The average molecular weight is 425 g/mol. The van der Waals surface area contributed by atoms with Crippen LogP contribution < -0.4 is 16.0 Å². The summed E-state index contributed by atoms with van der Waals surface area (Å²) in [6.45, 7) is 2.15. The Hall–Kier alpha value is -0.750. The van der Waals surface area contributed by atoms with Gasteiger partial charge in [-0.1, -0.05) is 85.6 Å². The van der Waals surface area contributed by atoms with E-state index in [1.54, 1.807) is 0 Å². The van der Waals surface area contributed by atoms with Crippen molar-refractivity contribution in [3.05, 3.63) is 30.3 Å². The molecule has 1 unspecified atom stereocenters. The summed E-state index contributed by atoms with van der Waals surface area (Å²) in [4.78, 5) is 12.1. The van der Waals surface area contributed by atoms with Crippen LogP contribution in [0.4, 0.5) is 5.69 Å². The third-order valence-corrected chi connectivity index (χ3v) is 4.32. The van der Waals surface area contributed by atoms with Gasteiger partial charge in [0.2, 0.25) is 9.70 Å². The van der Waals surface area contributed by atoms with Gasteiger partial charge in [-0.25, -0.2) is 0 Å². The molecule has 8 heteroatoms. The zero-order valence-electron chi connectivity index (χ0n) is 14.2. The molecule has 0 aromatic heterocycles. The minimum atomic E-state index is -1.74. The first-order chi connectivity index (χ1) is 11.8. The van der Waals surface area contributed by atoms with E-state index in [9.17, 15) is 4.79 Å². The summed E-state index contributed by atoms with van der Waals surface area (Å²) in [5.74, 6) is -0.178. The molecule has 0 radical (unpaired) electrons. The Bertz CT molecular complexity index is 538. The van der Waals surface area contributed by atoms with Gasteiger partial charge in [-0.15, -0.1) is 0 Å². The van der Waals surface area contributed by atoms with Crippen molar-refractivity contribution in [3.63, 3.8) is 0 Å². The number of nitrogens with one attached hydrogen (secondary N) is 3. The van der Waals surface area contributed by atoms with Crippen LogP contribution in [0.15, 0.2) is 30.3 Å².